The molecule has 0 aliphatic heterocycles. The Morgan fingerprint density at radius 3 is 2.65 bits per heavy atom. The number of aromatic nitrogens is 2. The molecule has 0 saturated carbocycles. The monoisotopic (exact) mass is 275 g/mol. The average molecular weight is 275 g/mol. The van der Waals surface area contributed by atoms with E-state index in [1.54, 1.807) is 14.2 Å². The number of rotatable bonds is 7. The van der Waals surface area contributed by atoms with Crippen molar-refractivity contribution in [3.05, 3.63) is 42.0 Å². The summed E-state index contributed by atoms with van der Waals surface area (Å²) in [5.74, 6) is 2.55. The van der Waals surface area contributed by atoms with Crippen molar-refractivity contribution in [2.45, 2.75) is 26.6 Å². The summed E-state index contributed by atoms with van der Waals surface area (Å²) in [7, 11) is 3.29. The molecule has 0 fully saturated rings. The lowest BCUT2D eigenvalue weighted by Crippen LogP contribution is -2.16. The molecule has 20 heavy (non-hydrogen) atoms. The molecular weight excluding hydrogens is 254 g/mol. The van der Waals surface area contributed by atoms with Crippen LogP contribution in [0.2, 0.25) is 0 Å². The molecule has 0 radical (unpaired) electrons. The van der Waals surface area contributed by atoms with E-state index in [-0.39, 0.29) is 0 Å². The first-order chi connectivity index (χ1) is 9.78. The molecule has 0 aliphatic rings. The molecule has 2 aromatic rings. The number of nitrogens with one attached hydrogen (secondary N) is 1. The normalized spacial score (nSPS) is 10.6. The molecule has 0 atom stereocenters. The van der Waals surface area contributed by atoms with Gasteiger partial charge in [0.2, 0.25) is 0 Å². The van der Waals surface area contributed by atoms with Gasteiger partial charge in [-0.1, -0.05) is 6.07 Å². The second kappa shape index (κ2) is 6.96. The Labute approximate surface area is 119 Å². The molecule has 0 amide bonds. The van der Waals surface area contributed by atoms with Gasteiger partial charge in [0, 0.05) is 25.5 Å². The third-order valence-electron chi connectivity index (χ3n) is 3.20. The van der Waals surface area contributed by atoms with Crippen LogP contribution >= 0.6 is 0 Å². The van der Waals surface area contributed by atoms with E-state index in [4.69, 9.17) is 9.47 Å². The highest BCUT2D eigenvalue weighted by Gasteiger charge is 2.05. The topological polar surface area (TPSA) is 48.3 Å². The molecule has 0 unspecified atom stereocenters. The Balaban J connectivity index is 1.94. The Kier molecular flexibility index (Phi) is 5.01. The van der Waals surface area contributed by atoms with Crippen molar-refractivity contribution in [2.75, 3.05) is 14.2 Å². The smallest absolute Gasteiger partial charge is 0.161 e. The van der Waals surface area contributed by atoms with Gasteiger partial charge in [0.15, 0.2) is 11.5 Å². The minimum atomic E-state index is 0.745. The predicted molar refractivity (Wildman–Crippen MR) is 78.0 cm³/mol. The van der Waals surface area contributed by atoms with Gasteiger partial charge in [0.25, 0.3) is 0 Å². The molecule has 5 heteroatoms. The Morgan fingerprint density at radius 2 is 1.95 bits per heavy atom. The van der Waals surface area contributed by atoms with E-state index in [9.17, 15) is 0 Å². The van der Waals surface area contributed by atoms with E-state index in [1.807, 2.05) is 30.6 Å². The zero-order valence-electron chi connectivity index (χ0n) is 12.2. The van der Waals surface area contributed by atoms with Crippen molar-refractivity contribution in [3.8, 4) is 11.5 Å². The molecule has 1 aromatic heterocycles. The van der Waals surface area contributed by atoms with Gasteiger partial charge in [-0.2, -0.15) is 0 Å². The van der Waals surface area contributed by atoms with Gasteiger partial charge >= 0.3 is 0 Å². The fourth-order valence-electron chi connectivity index (χ4n) is 2.10. The Bertz CT molecular complexity index is 552. The minimum absolute atomic E-state index is 0.745. The van der Waals surface area contributed by atoms with Gasteiger partial charge in [-0.25, -0.2) is 4.98 Å². The molecule has 0 bridgehead atoms. The van der Waals surface area contributed by atoms with Gasteiger partial charge in [-0.15, -0.1) is 0 Å². The summed E-state index contributed by atoms with van der Waals surface area (Å²) >= 11 is 0. The Hall–Kier alpha value is -2.01. The molecule has 0 spiro atoms. The number of imidazole rings is 1. The number of nitrogens with zero attached hydrogens (tertiary/aromatic N) is 2. The predicted octanol–water partition coefficient (Wildman–Crippen LogP) is 2.21. The van der Waals surface area contributed by atoms with Crippen LogP contribution in [0.4, 0.5) is 0 Å². The molecule has 1 N–H and O–H groups in total. The van der Waals surface area contributed by atoms with Crippen molar-refractivity contribution >= 4 is 0 Å². The summed E-state index contributed by atoms with van der Waals surface area (Å²) < 4.78 is 12.6. The maximum Gasteiger partial charge on any atom is 0.161 e. The van der Waals surface area contributed by atoms with E-state index < -0.39 is 0 Å². The van der Waals surface area contributed by atoms with E-state index in [2.05, 4.69) is 21.8 Å². The van der Waals surface area contributed by atoms with Crippen LogP contribution in [0.25, 0.3) is 0 Å². The highest BCUT2D eigenvalue weighted by Crippen LogP contribution is 2.27. The van der Waals surface area contributed by atoms with Crippen LogP contribution in [0.5, 0.6) is 11.5 Å². The minimum Gasteiger partial charge on any atom is -0.493 e. The van der Waals surface area contributed by atoms with Crippen molar-refractivity contribution in [2.24, 2.45) is 0 Å². The SMILES string of the molecule is CCn1ccnc1CNCc1ccc(OC)c(OC)c1. The number of ether oxygens (including phenoxy) is 2. The van der Waals surface area contributed by atoms with Crippen molar-refractivity contribution < 1.29 is 9.47 Å². The van der Waals surface area contributed by atoms with Crippen LogP contribution in [-0.4, -0.2) is 23.8 Å². The average Bonchev–Trinajstić information content (AvgIpc) is 2.94. The summed E-state index contributed by atoms with van der Waals surface area (Å²) in [5.41, 5.74) is 1.15. The second-order valence-corrected chi connectivity index (χ2v) is 4.42. The standard InChI is InChI=1S/C15H21N3O2/c1-4-18-8-7-17-15(18)11-16-10-12-5-6-13(19-2)14(9-12)20-3/h5-9,16H,4,10-11H2,1-3H3. The fraction of sp³-hybridized carbons (Fsp3) is 0.400. The van der Waals surface area contributed by atoms with Gasteiger partial charge in [0.05, 0.1) is 20.8 Å². The van der Waals surface area contributed by atoms with Crippen LogP contribution in [-0.2, 0) is 19.6 Å². The highest BCUT2D eigenvalue weighted by molar-refractivity contribution is 5.42. The van der Waals surface area contributed by atoms with Gasteiger partial charge < -0.3 is 19.4 Å². The van der Waals surface area contributed by atoms with Gasteiger partial charge in [0.1, 0.15) is 5.82 Å². The van der Waals surface area contributed by atoms with Crippen LogP contribution in [0.3, 0.4) is 0 Å². The summed E-state index contributed by atoms with van der Waals surface area (Å²) in [6.07, 6.45) is 3.82. The number of methoxy groups -OCH3 is 2. The van der Waals surface area contributed by atoms with Crippen LogP contribution < -0.4 is 14.8 Å². The largest absolute Gasteiger partial charge is 0.493 e. The molecule has 0 saturated heterocycles. The molecule has 5 nitrogen and oxygen atoms in total. The quantitative estimate of drug-likeness (QED) is 0.841. The van der Waals surface area contributed by atoms with E-state index in [1.165, 1.54) is 0 Å². The lowest BCUT2D eigenvalue weighted by Gasteiger charge is -2.10. The van der Waals surface area contributed by atoms with Gasteiger partial charge in [-0.05, 0) is 24.6 Å². The first-order valence-electron chi connectivity index (χ1n) is 6.70. The van der Waals surface area contributed by atoms with Crippen molar-refractivity contribution in [1.29, 1.82) is 0 Å². The summed E-state index contributed by atoms with van der Waals surface area (Å²) in [6.45, 7) is 4.55. The van der Waals surface area contributed by atoms with E-state index >= 15 is 0 Å². The van der Waals surface area contributed by atoms with E-state index in [0.717, 1.165) is 42.5 Å². The zero-order chi connectivity index (χ0) is 14.4. The number of benzene rings is 1. The second-order valence-electron chi connectivity index (χ2n) is 4.42. The zero-order valence-corrected chi connectivity index (χ0v) is 12.2. The fourth-order valence-corrected chi connectivity index (χ4v) is 2.10. The molecule has 108 valence electrons. The lowest BCUT2D eigenvalue weighted by atomic mass is 10.2. The molecule has 0 aliphatic carbocycles. The number of hydrogen-bond donors (Lipinski definition) is 1. The summed E-state index contributed by atoms with van der Waals surface area (Å²) in [4.78, 5) is 4.34. The third kappa shape index (κ3) is 3.30. The molecule has 1 aromatic carbocycles. The van der Waals surface area contributed by atoms with Crippen LogP contribution in [0.15, 0.2) is 30.6 Å². The highest BCUT2D eigenvalue weighted by atomic mass is 16.5. The maximum absolute atomic E-state index is 5.30. The van der Waals surface area contributed by atoms with Crippen LogP contribution in [0, 0.1) is 0 Å². The van der Waals surface area contributed by atoms with Gasteiger partial charge in [-0.3, -0.25) is 0 Å². The number of hydrogen-bond acceptors (Lipinski definition) is 4. The molecule has 1 heterocycles. The van der Waals surface area contributed by atoms with E-state index in [0.29, 0.717) is 0 Å². The molecule has 2 rings (SSSR count). The molecular formula is C15H21N3O2. The van der Waals surface area contributed by atoms with Crippen molar-refractivity contribution in [1.82, 2.24) is 14.9 Å². The van der Waals surface area contributed by atoms with Crippen molar-refractivity contribution in [3.63, 3.8) is 0 Å². The maximum atomic E-state index is 5.30. The summed E-state index contributed by atoms with van der Waals surface area (Å²) in [5, 5.41) is 3.39. The van der Waals surface area contributed by atoms with Crippen LogP contribution in [0.1, 0.15) is 18.3 Å². The first kappa shape index (κ1) is 14.4. The first-order valence-corrected chi connectivity index (χ1v) is 6.70. The Morgan fingerprint density at radius 1 is 1.15 bits per heavy atom. The lowest BCUT2D eigenvalue weighted by molar-refractivity contribution is 0.354. The summed E-state index contributed by atoms with van der Waals surface area (Å²) in [6, 6.07) is 5.93. The number of aryl methyl sites for hydroxylation is 1. The third-order valence-corrected chi connectivity index (χ3v) is 3.20.